The van der Waals surface area contributed by atoms with Gasteiger partial charge in [0, 0.05) is 25.2 Å². The van der Waals surface area contributed by atoms with Crippen molar-refractivity contribution in [3.8, 4) is 0 Å². The summed E-state index contributed by atoms with van der Waals surface area (Å²) in [4.78, 5) is 23.6. The average molecular weight is 183 g/mol. The SMILES string of the molecule is COC(=O)C=C1CCCN1C(C)=O. The van der Waals surface area contributed by atoms with E-state index in [1.165, 1.54) is 20.1 Å². The molecule has 0 bridgehead atoms. The van der Waals surface area contributed by atoms with Gasteiger partial charge in [-0.1, -0.05) is 0 Å². The fourth-order valence-corrected chi connectivity index (χ4v) is 1.40. The molecule has 4 nitrogen and oxygen atoms in total. The monoisotopic (exact) mass is 183 g/mol. The predicted octanol–water partition coefficient (Wildman–Crippen LogP) is 0.686. The summed E-state index contributed by atoms with van der Waals surface area (Å²) in [6, 6.07) is 0. The molecule has 1 rings (SSSR count). The predicted molar refractivity (Wildman–Crippen MR) is 46.7 cm³/mol. The van der Waals surface area contributed by atoms with Gasteiger partial charge in [0.25, 0.3) is 0 Å². The molecule has 0 radical (unpaired) electrons. The smallest absolute Gasteiger partial charge is 0.332 e. The molecule has 0 atom stereocenters. The van der Waals surface area contributed by atoms with E-state index in [1.54, 1.807) is 4.90 Å². The Morgan fingerprint density at radius 2 is 2.23 bits per heavy atom. The van der Waals surface area contributed by atoms with Gasteiger partial charge < -0.3 is 9.64 Å². The standard InChI is InChI=1S/C9H13NO3/c1-7(11)10-5-3-4-8(10)6-9(12)13-2/h6H,3-5H2,1-2H3. The number of carbonyl (C=O) groups excluding carboxylic acids is 2. The lowest BCUT2D eigenvalue weighted by Crippen LogP contribution is -2.23. The Labute approximate surface area is 77.2 Å². The first kappa shape index (κ1) is 9.77. The third-order valence-corrected chi connectivity index (χ3v) is 2.03. The fraction of sp³-hybridized carbons (Fsp3) is 0.556. The highest BCUT2D eigenvalue weighted by Gasteiger charge is 2.20. The molecular weight excluding hydrogens is 170 g/mol. The average Bonchev–Trinajstić information content (AvgIpc) is 2.52. The van der Waals surface area contributed by atoms with Crippen molar-refractivity contribution >= 4 is 11.9 Å². The molecule has 0 aromatic rings. The molecular formula is C9H13NO3. The van der Waals surface area contributed by atoms with E-state index >= 15 is 0 Å². The van der Waals surface area contributed by atoms with E-state index in [1.807, 2.05) is 0 Å². The lowest BCUT2D eigenvalue weighted by atomic mass is 10.3. The topological polar surface area (TPSA) is 46.6 Å². The zero-order valence-corrected chi connectivity index (χ0v) is 7.87. The second-order valence-corrected chi connectivity index (χ2v) is 2.93. The van der Waals surface area contributed by atoms with Crippen molar-refractivity contribution < 1.29 is 14.3 Å². The third-order valence-electron chi connectivity index (χ3n) is 2.03. The van der Waals surface area contributed by atoms with E-state index in [0.29, 0.717) is 6.54 Å². The first-order valence-electron chi connectivity index (χ1n) is 4.21. The number of ether oxygens (including phenoxy) is 1. The minimum Gasteiger partial charge on any atom is -0.466 e. The summed E-state index contributed by atoms with van der Waals surface area (Å²) in [6.45, 7) is 2.20. The summed E-state index contributed by atoms with van der Waals surface area (Å²) in [5, 5.41) is 0. The van der Waals surface area contributed by atoms with Crippen LogP contribution in [0.4, 0.5) is 0 Å². The maximum Gasteiger partial charge on any atom is 0.332 e. The van der Waals surface area contributed by atoms with Crippen LogP contribution in [0.3, 0.4) is 0 Å². The molecule has 0 aliphatic carbocycles. The maximum atomic E-state index is 11.1. The maximum absolute atomic E-state index is 11.1. The Hall–Kier alpha value is -1.32. The van der Waals surface area contributed by atoms with Crippen LogP contribution in [0.15, 0.2) is 11.8 Å². The van der Waals surface area contributed by atoms with Gasteiger partial charge in [0.05, 0.1) is 7.11 Å². The summed E-state index contributed by atoms with van der Waals surface area (Å²) in [5.41, 5.74) is 0.763. The minimum absolute atomic E-state index is 0.0207. The molecule has 1 heterocycles. The van der Waals surface area contributed by atoms with Crippen LogP contribution in [-0.4, -0.2) is 30.4 Å². The molecule has 0 aromatic heterocycles. The quantitative estimate of drug-likeness (QED) is 0.443. The summed E-state index contributed by atoms with van der Waals surface area (Å²) in [7, 11) is 1.33. The summed E-state index contributed by atoms with van der Waals surface area (Å²) in [5.74, 6) is -0.421. The Kier molecular flexibility index (Phi) is 3.06. The van der Waals surface area contributed by atoms with Crippen molar-refractivity contribution in [2.45, 2.75) is 19.8 Å². The Balaban J connectivity index is 2.73. The first-order chi connectivity index (χ1) is 6.15. The van der Waals surface area contributed by atoms with E-state index in [0.717, 1.165) is 18.5 Å². The van der Waals surface area contributed by atoms with Crippen LogP contribution in [-0.2, 0) is 14.3 Å². The molecule has 1 aliphatic rings. The Morgan fingerprint density at radius 1 is 1.54 bits per heavy atom. The van der Waals surface area contributed by atoms with Crippen molar-refractivity contribution in [2.75, 3.05) is 13.7 Å². The normalized spacial score (nSPS) is 19.2. The van der Waals surface area contributed by atoms with Crippen molar-refractivity contribution in [1.29, 1.82) is 0 Å². The van der Waals surface area contributed by atoms with Gasteiger partial charge in [-0.2, -0.15) is 0 Å². The van der Waals surface area contributed by atoms with Gasteiger partial charge in [-0.05, 0) is 12.8 Å². The van der Waals surface area contributed by atoms with Crippen molar-refractivity contribution in [2.24, 2.45) is 0 Å². The molecule has 72 valence electrons. The molecule has 1 aliphatic heterocycles. The molecule has 0 aromatic carbocycles. The fourth-order valence-electron chi connectivity index (χ4n) is 1.40. The molecule has 1 fully saturated rings. The zero-order valence-electron chi connectivity index (χ0n) is 7.87. The molecule has 13 heavy (non-hydrogen) atoms. The van der Waals surface area contributed by atoms with Gasteiger partial charge in [-0.25, -0.2) is 4.79 Å². The zero-order chi connectivity index (χ0) is 9.84. The number of hydrogen-bond donors (Lipinski definition) is 0. The van der Waals surface area contributed by atoms with Crippen LogP contribution in [0.5, 0.6) is 0 Å². The lowest BCUT2D eigenvalue weighted by molar-refractivity contribution is -0.135. The number of likely N-dealkylation sites (tertiary alicyclic amines) is 1. The number of methoxy groups -OCH3 is 1. The summed E-state index contributed by atoms with van der Waals surface area (Å²) in [6.07, 6.45) is 3.07. The Morgan fingerprint density at radius 3 is 2.77 bits per heavy atom. The highest BCUT2D eigenvalue weighted by atomic mass is 16.5. The van der Waals surface area contributed by atoms with Crippen LogP contribution >= 0.6 is 0 Å². The second-order valence-electron chi connectivity index (χ2n) is 2.93. The van der Waals surface area contributed by atoms with Crippen molar-refractivity contribution in [1.82, 2.24) is 4.90 Å². The molecule has 1 amide bonds. The first-order valence-corrected chi connectivity index (χ1v) is 4.21. The van der Waals surface area contributed by atoms with Crippen LogP contribution < -0.4 is 0 Å². The molecule has 0 unspecified atom stereocenters. The molecule has 0 spiro atoms. The van der Waals surface area contributed by atoms with E-state index in [4.69, 9.17) is 0 Å². The molecule has 1 saturated heterocycles. The minimum atomic E-state index is -0.400. The number of esters is 1. The van der Waals surface area contributed by atoms with E-state index in [-0.39, 0.29) is 5.91 Å². The number of carbonyl (C=O) groups is 2. The third kappa shape index (κ3) is 2.31. The number of nitrogens with zero attached hydrogens (tertiary/aromatic N) is 1. The molecule has 4 heteroatoms. The molecule has 0 saturated carbocycles. The van der Waals surface area contributed by atoms with Gasteiger partial charge in [0.1, 0.15) is 0 Å². The van der Waals surface area contributed by atoms with Gasteiger partial charge in [0.15, 0.2) is 0 Å². The van der Waals surface area contributed by atoms with E-state index in [9.17, 15) is 9.59 Å². The van der Waals surface area contributed by atoms with E-state index in [2.05, 4.69) is 4.74 Å². The largest absolute Gasteiger partial charge is 0.466 e. The highest BCUT2D eigenvalue weighted by molar-refractivity contribution is 5.84. The van der Waals surface area contributed by atoms with Crippen LogP contribution in [0, 0.1) is 0 Å². The van der Waals surface area contributed by atoms with Crippen molar-refractivity contribution in [3.63, 3.8) is 0 Å². The second kappa shape index (κ2) is 4.07. The van der Waals surface area contributed by atoms with Crippen LogP contribution in [0.1, 0.15) is 19.8 Å². The van der Waals surface area contributed by atoms with Gasteiger partial charge in [-0.15, -0.1) is 0 Å². The van der Waals surface area contributed by atoms with Crippen LogP contribution in [0.25, 0.3) is 0 Å². The number of rotatable bonds is 1. The van der Waals surface area contributed by atoms with Gasteiger partial charge >= 0.3 is 5.97 Å². The molecule has 0 N–H and O–H groups in total. The lowest BCUT2D eigenvalue weighted by Gasteiger charge is -2.14. The Bertz CT molecular complexity index is 258. The number of hydrogen-bond acceptors (Lipinski definition) is 3. The van der Waals surface area contributed by atoms with Crippen molar-refractivity contribution in [3.05, 3.63) is 11.8 Å². The summed E-state index contributed by atoms with van der Waals surface area (Å²) >= 11 is 0. The van der Waals surface area contributed by atoms with Gasteiger partial charge in [0.2, 0.25) is 5.91 Å². The number of allylic oxidation sites excluding steroid dienone is 1. The van der Waals surface area contributed by atoms with Crippen LogP contribution in [0.2, 0.25) is 0 Å². The van der Waals surface area contributed by atoms with Gasteiger partial charge in [-0.3, -0.25) is 4.79 Å². The van der Waals surface area contributed by atoms with E-state index < -0.39 is 5.97 Å². The summed E-state index contributed by atoms with van der Waals surface area (Å²) < 4.78 is 4.49. The highest BCUT2D eigenvalue weighted by Crippen LogP contribution is 2.20. The number of amides is 1.